The van der Waals surface area contributed by atoms with Crippen molar-refractivity contribution in [2.24, 2.45) is 11.7 Å². The molecule has 1 aromatic rings. The van der Waals surface area contributed by atoms with E-state index < -0.39 is 0 Å². The summed E-state index contributed by atoms with van der Waals surface area (Å²) >= 11 is 0. The molecular formula is C15H24N4. The summed E-state index contributed by atoms with van der Waals surface area (Å²) in [6, 6.07) is 7.93. The summed E-state index contributed by atoms with van der Waals surface area (Å²) in [5.74, 6) is 0.915. The zero-order valence-electron chi connectivity index (χ0n) is 11.9. The van der Waals surface area contributed by atoms with Crippen molar-refractivity contribution in [3.63, 3.8) is 0 Å². The molecule has 0 aliphatic carbocycles. The Hall–Kier alpha value is -1.55. The number of hydrogen-bond donors (Lipinski definition) is 2. The normalized spacial score (nSPS) is 17.4. The standard InChI is InChI=1S/C15H24N4/c1-18-9-7-12(8-10-18)11-19(2)14-5-3-13(4-6-14)15(16)17/h3-6,12H,7-11H2,1-2H3,(H3,16,17). The van der Waals surface area contributed by atoms with Gasteiger partial charge in [-0.1, -0.05) is 0 Å². The van der Waals surface area contributed by atoms with E-state index in [9.17, 15) is 0 Å². The van der Waals surface area contributed by atoms with Crippen molar-refractivity contribution in [3.8, 4) is 0 Å². The Balaban J connectivity index is 1.92. The number of anilines is 1. The second-order valence-electron chi connectivity index (χ2n) is 5.59. The molecule has 2 rings (SSSR count). The van der Waals surface area contributed by atoms with E-state index in [1.165, 1.54) is 31.6 Å². The lowest BCUT2D eigenvalue weighted by atomic mass is 9.96. The minimum atomic E-state index is 0.129. The van der Waals surface area contributed by atoms with Crippen LogP contribution in [0, 0.1) is 11.3 Å². The van der Waals surface area contributed by atoms with Crippen LogP contribution in [0.25, 0.3) is 0 Å². The lowest BCUT2D eigenvalue weighted by Crippen LogP contribution is -2.35. The molecule has 104 valence electrons. The van der Waals surface area contributed by atoms with Crippen LogP contribution in [0.1, 0.15) is 18.4 Å². The Kier molecular flexibility index (Phi) is 4.43. The molecule has 0 atom stereocenters. The fraction of sp³-hybridized carbons (Fsp3) is 0.533. The number of nitrogens with zero attached hydrogens (tertiary/aromatic N) is 2. The topological polar surface area (TPSA) is 56.4 Å². The minimum Gasteiger partial charge on any atom is -0.384 e. The van der Waals surface area contributed by atoms with Crippen LogP contribution in [0.15, 0.2) is 24.3 Å². The molecule has 0 amide bonds. The third-order valence-electron chi connectivity index (χ3n) is 3.99. The summed E-state index contributed by atoms with van der Waals surface area (Å²) in [6.45, 7) is 3.52. The highest BCUT2D eigenvalue weighted by molar-refractivity contribution is 5.95. The third kappa shape index (κ3) is 3.70. The van der Waals surface area contributed by atoms with Gasteiger partial charge in [0.05, 0.1) is 0 Å². The van der Waals surface area contributed by atoms with Crippen molar-refractivity contribution in [3.05, 3.63) is 29.8 Å². The fourth-order valence-corrected chi connectivity index (χ4v) is 2.63. The number of amidine groups is 1. The average molecular weight is 260 g/mol. The van der Waals surface area contributed by atoms with Crippen molar-refractivity contribution >= 4 is 11.5 Å². The van der Waals surface area contributed by atoms with E-state index in [2.05, 4.69) is 23.9 Å². The number of nitrogen functional groups attached to an aromatic ring is 1. The van der Waals surface area contributed by atoms with Gasteiger partial charge in [-0.25, -0.2) is 0 Å². The van der Waals surface area contributed by atoms with Crippen molar-refractivity contribution in [2.75, 3.05) is 38.6 Å². The van der Waals surface area contributed by atoms with E-state index in [0.29, 0.717) is 0 Å². The van der Waals surface area contributed by atoms with E-state index in [0.717, 1.165) is 18.0 Å². The number of nitrogens with one attached hydrogen (secondary N) is 1. The molecule has 1 aliphatic heterocycles. The Morgan fingerprint density at radius 2 is 1.89 bits per heavy atom. The third-order valence-corrected chi connectivity index (χ3v) is 3.99. The van der Waals surface area contributed by atoms with Gasteiger partial charge in [0.1, 0.15) is 5.84 Å². The average Bonchev–Trinajstić information content (AvgIpc) is 2.41. The molecule has 0 unspecified atom stereocenters. The van der Waals surface area contributed by atoms with Gasteiger partial charge in [0.2, 0.25) is 0 Å². The van der Waals surface area contributed by atoms with Crippen LogP contribution < -0.4 is 10.6 Å². The van der Waals surface area contributed by atoms with Crippen LogP contribution in [-0.2, 0) is 0 Å². The number of likely N-dealkylation sites (tertiary alicyclic amines) is 1. The van der Waals surface area contributed by atoms with Crippen LogP contribution in [0.3, 0.4) is 0 Å². The highest BCUT2D eigenvalue weighted by Gasteiger charge is 2.18. The molecule has 19 heavy (non-hydrogen) atoms. The van der Waals surface area contributed by atoms with Gasteiger partial charge in [-0.3, -0.25) is 5.41 Å². The van der Waals surface area contributed by atoms with Gasteiger partial charge < -0.3 is 15.5 Å². The Labute approximate surface area is 115 Å². The van der Waals surface area contributed by atoms with E-state index in [-0.39, 0.29) is 5.84 Å². The molecule has 3 N–H and O–H groups in total. The van der Waals surface area contributed by atoms with Crippen LogP contribution in [-0.4, -0.2) is 44.5 Å². The van der Waals surface area contributed by atoms with Gasteiger partial charge >= 0.3 is 0 Å². The van der Waals surface area contributed by atoms with E-state index in [4.69, 9.17) is 11.1 Å². The second kappa shape index (κ2) is 6.06. The largest absolute Gasteiger partial charge is 0.384 e. The maximum Gasteiger partial charge on any atom is 0.122 e. The first-order valence-electron chi connectivity index (χ1n) is 6.90. The van der Waals surface area contributed by atoms with Gasteiger partial charge in [-0.05, 0) is 63.2 Å². The number of nitrogens with two attached hydrogens (primary N) is 1. The minimum absolute atomic E-state index is 0.129. The zero-order chi connectivity index (χ0) is 13.8. The number of hydrogen-bond acceptors (Lipinski definition) is 3. The molecule has 0 bridgehead atoms. The van der Waals surface area contributed by atoms with Gasteiger partial charge in [0, 0.05) is 24.8 Å². The molecule has 1 saturated heterocycles. The highest BCUT2D eigenvalue weighted by atomic mass is 15.1. The molecule has 1 aromatic carbocycles. The van der Waals surface area contributed by atoms with Crippen LogP contribution in [0.5, 0.6) is 0 Å². The predicted molar refractivity (Wildman–Crippen MR) is 80.9 cm³/mol. The van der Waals surface area contributed by atoms with Crippen LogP contribution in [0.4, 0.5) is 5.69 Å². The predicted octanol–water partition coefficient (Wildman–Crippen LogP) is 1.75. The monoisotopic (exact) mass is 260 g/mol. The summed E-state index contributed by atoms with van der Waals surface area (Å²) in [5, 5.41) is 7.40. The molecular weight excluding hydrogens is 236 g/mol. The number of benzene rings is 1. The maximum absolute atomic E-state index is 7.40. The van der Waals surface area contributed by atoms with Crippen LogP contribution in [0.2, 0.25) is 0 Å². The number of piperidine rings is 1. The zero-order valence-corrected chi connectivity index (χ0v) is 11.9. The van der Waals surface area contributed by atoms with E-state index >= 15 is 0 Å². The lowest BCUT2D eigenvalue weighted by Gasteiger charge is -2.32. The van der Waals surface area contributed by atoms with E-state index in [1.807, 2.05) is 24.3 Å². The van der Waals surface area contributed by atoms with E-state index in [1.54, 1.807) is 0 Å². The summed E-state index contributed by atoms with van der Waals surface area (Å²) < 4.78 is 0. The van der Waals surface area contributed by atoms with Crippen molar-refractivity contribution in [1.82, 2.24) is 4.90 Å². The molecule has 4 nitrogen and oxygen atoms in total. The molecule has 1 aliphatic rings. The smallest absolute Gasteiger partial charge is 0.122 e. The quantitative estimate of drug-likeness (QED) is 0.640. The maximum atomic E-state index is 7.40. The molecule has 1 heterocycles. The summed E-state index contributed by atoms with van der Waals surface area (Å²) in [7, 11) is 4.33. The van der Waals surface area contributed by atoms with Gasteiger partial charge in [0.15, 0.2) is 0 Å². The van der Waals surface area contributed by atoms with Gasteiger partial charge in [0.25, 0.3) is 0 Å². The molecule has 0 spiro atoms. The lowest BCUT2D eigenvalue weighted by molar-refractivity contribution is 0.222. The fourth-order valence-electron chi connectivity index (χ4n) is 2.63. The highest BCUT2D eigenvalue weighted by Crippen LogP contribution is 2.20. The summed E-state index contributed by atoms with van der Waals surface area (Å²) in [6.07, 6.45) is 2.57. The summed E-state index contributed by atoms with van der Waals surface area (Å²) in [5.41, 5.74) is 7.45. The van der Waals surface area contributed by atoms with Gasteiger partial charge in [-0.2, -0.15) is 0 Å². The Morgan fingerprint density at radius 1 is 1.32 bits per heavy atom. The Bertz CT molecular complexity index is 418. The number of rotatable bonds is 4. The van der Waals surface area contributed by atoms with Crippen molar-refractivity contribution < 1.29 is 0 Å². The molecule has 0 saturated carbocycles. The molecule has 4 heteroatoms. The SMILES string of the molecule is CN1CCC(CN(C)c2ccc(C(=N)N)cc2)CC1. The molecule has 0 aromatic heterocycles. The van der Waals surface area contributed by atoms with Crippen molar-refractivity contribution in [2.45, 2.75) is 12.8 Å². The Morgan fingerprint density at radius 3 is 2.42 bits per heavy atom. The first kappa shape index (κ1) is 13.9. The second-order valence-corrected chi connectivity index (χ2v) is 5.59. The van der Waals surface area contributed by atoms with Crippen molar-refractivity contribution in [1.29, 1.82) is 5.41 Å². The molecule has 1 fully saturated rings. The first-order chi connectivity index (χ1) is 9.06. The first-order valence-corrected chi connectivity index (χ1v) is 6.90. The summed E-state index contributed by atoms with van der Waals surface area (Å²) in [4.78, 5) is 4.71. The van der Waals surface area contributed by atoms with Crippen LogP contribution >= 0.6 is 0 Å². The molecule has 0 radical (unpaired) electrons. The van der Waals surface area contributed by atoms with Gasteiger partial charge in [-0.15, -0.1) is 0 Å².